The number of aromatic nitrogens is 3. The molecule has 2 aromatic rings. The van der Waals surface area contributed by atoms with Crippen LogP contribution in [0.3, 0.4) is 0 Å². The summed E-state index contributed by atoms with van der Waals surface area (Å²) in [4.78, 5) is 15.6. The molecule has 0 aromatic carbocycles. The molecule has 4 nitrogen and oxygen atoms in total. The summed E-state index contributed by atoms with van der Waals surface area (Å²) in [6.45, 7) is 3.30. The summed E-state index contributed by atoms with van der Waals surface area (Å²) >= 11 is 5.92. The maximum absolute atomic E-state index is 11.4. The minimum Gasteiger partial charge on any atom is -0.294 e. The minimum absolute atomic E-state index is 0.0487. The van der Waals surface area contributed by atoms with Gasteiger partial charge in [-0.2, -0.15) is 5.10 Å². The molecule has 0 unspecified atom stereocenters. The summed E-state index contributed by atoms with van der Waals surface area (Å²) < 4.78 is 1.52. The molecule has 0 fully saturated rings. The standard InChI is InChI=1S/C11H10ClN3O/c1-7-10(12)6-15(14-7)11-9(8(2)16)4-3-5-13-11/h3-6H,1-2H3. The van der Waals surface area contributed by atoms with E-state index < -0.39 is 0 Å². The predicted molar refractivity (Wildman–Crippen MR) is 61.1 cm³/mol. The number of rotatable bonds is 2. The number of hydrogen-bond donors (Lipinski definition) is 0. The maximum Gasteiger partial charge on any atom is 0.164 e. The number of nitrogens with zero attached hydrogens (tertiary/aromatic N) is 3. The Kier molecular flexibility index (Phi) is 2.75. The Morgan fingerprint density at radius 3 is 2.81 bits per heavy atom. The van der Waals surface area contributed by atoms with Gasteiger partial charge in [-0.1, -0.05) is 11.6 Å². The molecule has 82 valence electrons. The van der Waals surface area contributed by atoms with Gasteiger partial charge in [0, 0.05) is 6.20 Å². The van der Waals surface area contributed by atoms with E-state index in [-0.39, 0.29) is 5.78 Å². The normalized spacial score (nSPS) is 10.4. The number of Topliss-reactive ketones (excluding diaryl/α,β-unsaturated/α-hetero) is 1. The van der Waals surface area contributed by atoms with Gasteiger partial charge in [0.2, 0.25) is 0 Å². The van der Waals surface area contributed by atoms with Crippen molar-refractivity contribution >= 4 is 17.4 Å². The van der Waals surface area contributed by atoms with Crippen molar-refractivity contribution in [3.63, 3.8) is 0 Å². The lowest BCUT2D eigenvalue weighted by atomic mass is 10.2. The highest BCUT2D eigenvalue weighted by Crippen LogP contribution is 2.17. The molecule has 2 heterocycles. The van der Waals surface area contributed by atoms with E-state index in [1.54, 1.807) is 31.5 Å². The van der Waals surface area contributed by atoms with E-state index in [0.29, 0.717) is 22.1 Å². The van der Waals surface area contributed by atoms with Crippen LogP contribution in [0.2, 0.25) is 5.02 Å². The van der Waals surface area contributed by atoms with E-state index in [1.807, 2.05) is 0 Å². The Labute approximate surface area is 97.9 Å². The Morgan fingerprint density at radius 2 is 2.25 bits per heavy atom. The van der Waals surface area contributed by atoms with Crippen LogP contribution >= 0.6 is 11.6 Å². The second-order valence-electron chi connectivity index (χ2n) is 3.44. The summed E-state index contributed by atoms with van der Waals surface area (Å²) in [5, 5.41) is 4.75. The van der Waals surface area contributed by atoms with Crippen LogP contribution in [-0.4, -0.2) is 20.5 Å². The van der Waals surface area contributed by atoms with Crippen LogP contribution in [0.15, 0.2) is 24.5 Å². The van der Waals surface area contributed by atoms with Crippen molar-refractivity contribution in [3.05, 3.63) is 40.8 Å². The fourth-order valence-electron chi connectivity index (χ4n) is 1.40. The van der Waals surface area contributed by atoms with Gasteiger partial charge < -0.3 is 0 Å². The van der Waals surface area contributed by atoms with Crippen molar-refractivity contribution < 1.29 is 4.79 Å². The molecule has 0 bridgehead atoms. The quantitative estimate of drug-likeness (QED) is 0.751. The first-order valence-corrected chi connectivity index (χ1v) is 5.15. The van der Waals surface area contributed by atoms with Gasteiger partial charge in [-0.05, 0) is 26.0 Å². The fraction of sp³-hybridized carbons (Fsp3) is 0.182. The molecule has 0 aliphatic carbocycles. The van der Waals surface area contributed by atoms with Gasteiger partial charge in [0.15, 0.2) is 11.6 Å². The van der Waals surface area contributed by atoms with Crippen LogP contribution in [-0.2, 0) is 0 Å². The van der Waals surface area contributed by atoms with Crippen molar-refractivity contribution in [2.45, 2.75) is 13.8 Å². The highest BCUT2D eigenvalue weighted by atomic mass is 35.5. The molecule has 5 heteroatoms. The molecule has 0 saturated carbocycles. The predicted octanol–water partition coefficient (Wildman–Crippen LogP) is 2.43. The molecule has 16 heavy (non-hydrogen) atoms. The van der Waals surface area contributed by atoms with E-state index in [1.165, 1.54) is 11.6 Å². The highest BCUT2D eigenvalue weighted by molar-refractivity contribution is 6.31. The molecule has 0 aliphatic heterocycles. The second kappa shape index (κ2) is 4.06. The number of carbonyl (C=O) groups is 1. The second-order valence-corrected chi connectivity index (χ2v) is 3.84. The topological polar surface area (TPSA) is 47.8 Å². The zero-order valence-corrected chi connectivity index (χ0v) is 9.69. The Hall–Kier alpha value is -1.68. The summed E-state index contributed by atoms with van der Waals surface area (Å²) in [5.74, 6) is 0.456. The SMILES string of the molecule is CC(=O)c1cccnc1-n1cc(Cl)c(C)n1. The number of hydrogen-bond acceptors (Lipinski definition) is 3. The van der Waals surface area contributed by atoms with E-state index in [0.717, 1.165) is 0 Å². The Balaban J connectivity index is 2.59. The van der Waals surface area contributed by atoms with Crippen molar-refractivity contribution in [1.82, 2.24) is 14.8 Å². The van der Waals surface area contributed by atoms with Gasteiger partial charge in [0.25, 0.3) is 0 Å². The molecule has 0 radical (unpaired) electrons. The molecule has 0 amide bonds. The molecule has 0 atom stereocenters. The van der Waals surface area contributed by atoms with Crippen LogP contribution in [0.25, 0.3) is 5.82 Å². The van der Waals surface area contributed by atoms with Crippen LogP contribution < -0.4 is 0 Å². The van der Waals surface area contributed by atoms with E-state index >= 15 is 0 Å². The van der Waals surface area contributed by atoms with Crippen molar-refractivity contribution in [2.24, 2.45) is 0 Å². The number of ketones is 1. The van der Waals surface area contributed by atoms with Gasteiger partial charge in [-0.15, -0.1) is 0 Å². The average molecular weight is 236 g/mol. The highest BCUT2D eigenvalue weighted by Gasteiger charge is 2.12. The molecule has 0 aliphatic rings. The van der Waals surface area contributed by atoms with Gasteiger partial charge in [-0.3, -0.25) is 4.79 Å². The van der Waals surface area contributed by atoms with E-state index in [9.17, 15) is 4.79 Å². The monoisotopic (exact) mass is 235 g/mol. The molecule has 0 spiro atoms. The minimum atomic E-state index is -0.0487. The fourth-order valence-corrected chi connectivity index (χ4v) is 1.53. The Bertz CT molecular complexity index is 528. The first-order valence-electron chi connectivity index (χ1n) is 4.77. The summed E-state index contributed by atoms with van der Waals surface area (Å²) in [6, 6.07) is 3.44. The first-order chi connectivity index (χ1) is 7.59. The molecule has 2 aromatic heterocycles. The lowest BCUT2D eigenvalue weighted by molar-refractivity contribution is 0.101. The van der Waals surface area contributed by atoms with E-state index in [2.05, 4.69) is 10.1 Å². The molecular weight excluding hydrogens is 226 g/mol. The number of aryl methyl sites for hydroxylation is 1. The van der Waals surface area contributed by atoms with Crippen LogP contribution in [0.5, 0.6) is 0 Å². The summed E-state index contributed by atoms with van der Waals surface area (Å²) in [7, 11) is 0. The van der Waals surface area contributed by atoms with Gasteiger partial charge >= 0.3 is 0 Å². The summed E-state index contributed by atoms with van der Waals surface area (Å²) in [6.07, 6.45) is 3.26. The van der Waals surface area contributed by atoms with Crippen LogP contribution in [0.4, 0.5) is 0 Å². The third-order valence-corrected chi connectivity index (χ3v) is 2.59. The molecule has 0 saturated heterocycles. The Morgan fingerprint density at radius 1 is 1.50 bits per heavy atom. The van der Waals surface area contributed by atoms with Crippen LogP contribution in [0.1, 0.15) is 23.0 Å². The van der Waals surface area contributed by atoms with Crippen molar-refractivity contribution in [3.8, 4) is 5.82 Å². The first kappa shape index (κ1) is 10.8. The van der Waals surface area contributed by atoms with Crippen LogP contribution in [0, 0.1) is 6.92 Å². The number of halogens is 1. The third-order valence-electron chi connectivity index (χ3n) is 2.22. The smallest absolute Gasteiger partial charge is 0.164 e. The number of carbonyl (C=O) groups excluding carboxylic acids is 1. The zero-order chi connectivity index (χ0) is 11.7. The van der Waals surface area contributed by atoms with E-state index in [4.69, 9.17) is 11.6 Å². The zero-order valence-electron chi connectivity index (χ0n) is 8.94. The van der Waals surface area contributed by atoms with Crippen molar-refractivity contribution in [1.29, 1.82) is 0 Å². The van der Waals surface area contributed by atoms with Gasteiger partial charge in [-0.25, -0.2) is 9.67 Å². The largest absolute Gasteiger partial charge is 0.294 e. The maximum atomic E-state index is 11.4. The molecule has 2 rings (SSSR count). The summed E-state index contributed by atoms with van der Waals surface area (Å²) in [5.41, 5.74) is 1.24. The molecule has 0 N–H and O–H groups in total. The average Bonchev–Trinajstić information content (AvgIpc) is 2.59. The lowest BCUT2D eigenvalue weighted by Gasteiger charge is -2.04. The third kappa shape index (κ3) is 1.84. The molecular formula is C11H10ClN3O. The van der Waals surface area contributed by atoms with Gasteiger partial charge in [0.1, 0.15) is 0 Å². The lowest BCUT2D eigenvalue weighted by Crippen LogP contribution is -2.06. The van der Waals surface area contributed by atoms with Crippen molar-refractivity contribution in [2.75, 3.05) is 0 Å². The number of pyridine rings is 1. The van der Waals surface area contributed by atoms with Gasteiger partial charge in [0.05, 0.1) is 22.5 Å².